The Bertz CT molecular complexity index is 1020. The van der Waals surface area contributed by atoms with E-state index in [1.54, 1.807) is 19.4 Å². The molecule has 0 aliphatic rings. The second kappa shape index (κ2) is 7.38. The van der Waals surface area contributed by atoms with Gasteiger partial charge in [-0.05, 0) is 61.7 Å². The van der Waals surface area contributed by atoms with Crippen LogP contribution >= 0.6 is 15.9 Å². The summed E-state index contributed by atoms with van der Waals surface area (Å²) < 4.78 is 12.0. The van der Waals surface area contributed by atoms with Crippen LogP contribution in [0.4, 0.5) is 5.69 Å². The molecule has 3 aromatic rings. The zero-order valence-electron chi connectivity index (χ0n) is 15.1. The van der Waals surface area contributed by atoms with Crippen molar-refractivity contribution in [3.63, 3.8) is 0 Å². The van der Waals surface area contributed by atoms with Gasteiger partial charge in [0, 0.05) is 33.3 Å². The molecule has 1 heterocycles. The number of anilines is 1. The van der Waals surface area contributed by atoms with E-state index < -0.39 is 0 Å². The molecule has 2 aromatic carbocycles. The molecule has 1 N–H and O–H groups in total. The van der Waals surface area contributed by atoms with Gasteiger partial charge in [0.1, 0.15) is 11.3 Å². The lowest BCUT2D eigenvalue weighted by atomic mass is 10.0. The lowest BCUT2D eigenvalue weighted by molar-refractivity contribution is -0.111. The standard InChI is InChI=1S/C21H20BrNO3/c1-12(8-21(24)23-15-5-6-18(22)13(2)7-15)16-9-17-14(3)11-26-20(17)10-19(16)25-4/h5-11H,1-4H3,(H,23,24)/b12-8+. The number of halogens is 1. The average Bonchev–Trinajstić information content (AvgIpc) is 2.97. The van der Waals surface area contributed by atoms with Gasteiger partial charge in [0.15, 0.2) is 0 Å². The number of allylic oxidation sites excluding steroid dienone is 1. The summed E-state index contributed by atoms with van der Waals surface area (Å²) in [4.78, 5) is 12.4. The molecule has 26 heavy (non-hydrogen) atoms. The summed E-state index contributed by atoms with van der Waals surface area (Å²) in [6.45, 7) is 5.86. The minimum absolute atomic E-state index is 0.185. The van der Waals surface area contributed by atoms with Gasteiger partial charge < -0.3 is 14.5 Å². The molecule has 0 aliphatic carbocycles. The van der Waals surface area contributed by atoms with Crippen LogP contribution in [0.2, 0.25) is 0 Å². The Morgan fingerprint density at radius 3 is 2.65 bits per heavy atom. The molecule has 0 radical (unpaired) electrons. The van der Waals surface area contributed by atoms with Gasteiger partial charge in [0.2, 0.25) is 5.91 Å². The smallest absolute Gasteiger partial charge is 0.248 e. The molecular weight excluding hydrogens is 394 g/mol. The normalized spacial score (nSPS) is 11.7. The van der Waals surface area contributed by atoms with E-state index in [9.17, 15) is 4.79 Å². The highest BCUT2D eigenvalue weighted by Crippen LogP contribution is 2.33. The molecule has 1 amide bonds. The molecule has 0 aliphatic heterocycles. The second-order valence-electron chi connectivity index (χ2n) is 6.25. The van der Waals surface area contributed by atoms with Crippen molar-refractivity contribution in [2.24, 2.45) is 0 Å². The molecule has 0 unspecified atom stereocenters. The number of aryl methyl sites for hydroxylation is 2. The van der Waals surface area contributed by atoms with Gasteiger partial charge in [-0.3, -0.25) is 4.79 Å². The second-order valence-corrected chi connectivity index (χ2v) is 7.10. The van der Waals surface area contributed by atoms with Crippen molar-refractivity contribution in [3.05, 3.63) is 63.8 Å². The predicted octanol–water partition coefficient (Wildman–Crippen LogP) is 5.86. The van der Waals surface area contributed by atoms with Crippen LogP contribution in [0.15, 0.2) is 51.6 Å². The molecule has 134 valence electrons. The highest BCUT2D eigenvalue weighted by Gasteiger charge is 2.12. The SMILES string of the molecule is COc1cc2occ(C)c2cc1/C(C)=C/C(=O)Nc1ccc(Br)c(C)c1. The first-order valence-corrected chi connectivity index (χ1v) is 9.00. The Hall–Kier alpha value is -2.53. The van der Waals surface area contributed by atoms with E-state index >= 15 is 0 Å². The summed E-state index contributed by atoms with van der Waals surface area (Å²) in [5.74, 6) is 0.489. The number of amides is 1. The molecule has 1 aromatic heterocycles. The Morgan fingerprint density at radius 2 is 1.96 bits per heavy atom. The summed E-state index contributed by atoms with van der Waals surface area (Å²) in [6.07, 6.45) is 3.30. The number of rotatable bonds is 4. The number of carbonyl (C=O) groups is 1. The number of nitrogens with one attached hydrogen (secondary N) is 1. The molecule has 4 nitrogen and oxygen atoms in total. The Balaban J connectivity index is 1.90. The summed E-state index contributed by atoms with van der Waals surface area (Å²) in [5.41, 5.74) is 5.32. The van der Waals surface area contributed by atoms with E-state index in [2.05, 4.69) is 21.2 Å². The van der Waals surface area contributed by atoms with Crippen LogP contribution < -0.4 is 10.1 Å². The summed E-state index contributed by atoms with van der Waals surface area (Å²) in [7, 11) is 1.61. The fourth-order valence-corrected chi connectivity index (χ4v) is 3.08. The highest BCUT2D eigenvalue weighted by molar-refractivity contribution is 9.10. The van der Waals surface area contributed by atoms with Crippen molar-refractivity contribution in [3.8, 4) is 5.75 Å². The zero-order valence-corrected chi connectivity index (χ0v) is 16.7. The lowest BCUT2D eigenvalue weighted by Crippen LogP contribution is -2.08. The van der Waals surface area contributed by atoms with E-state index in [0.717, 1.165) is 43.4 Å². The van der Waals surface area contributed by atoms with Crippen molar-refractivity contribution in [1.82, 2.24) is 0 Å². The van der Waals surface area contributed by atoms with Crippen molar-refractivity contribution < 1.29 is 13.9 Å². The molecule has 5 heteroatoms. The molecule has 0 saturated heterocycles. The minimum atomic E-state index is -0.185. The number of carbonyl (C=O) groups excluding carboxylic acids is 1. The van der Waals surface area contributed by atoms with Gasteiger partial charge in [-0.15, -0.1) is 0 Å². The van der Waals surface area contributed by atoms with Crippen LogP contribution in [0.3, 0.4) is 0 Å². The number of furan rings is 1. The fraction of sp³-hybridized carbons (Fsp3) is 0.190. The molecule has 0 spiro atoms. The topological polar surface area (TPSA) is 51.5 Å². The van der Waals surface area contributed by atoms with E-state index in [-0.39, 0.29) is 5.91 Å². The zero-order chi connectivity index (χ0) is 18.8. The summed E-state index contributed by atoms with van der Waals surface area (Å²) in [6, 6.07) is 9.55. The largest absolute Gasteiger partial charge is 0.496 e. The van der Waals surface area contributed by atoms with E-state index in [0.29, 0.717) is 5.75 Å². The van der Waals surface area contributed by atoms with Crippen LogP contribution in [-0.4, -0.2) is 13.0 Å². The third-order valence-electron chi connectivity index (χ3n) is 4.29. The number of hydrogen-bond acceptors (Lipinski definition) is 3. The molecule has 0 atom stereocenters. The van der Waals surface area contributed by atoms with Gasteiger partial charge in [0.25, 0.3) is 0 Å². The van der Waals surface area contributed by atoms with Gasteiger partial charge in [-0.1, -0.05) is 15.9 Å². The molecule has 0 saturated carbocycles. The van der Waals surface area contributed by atoms with Gasteiger partial charge in [-0.2, -0.15) is 0 Å². The van der Waals surface area contributed by atoms with Crippen LogP contribution in [0.25, 0.3) is 16.5 Å². The molecule has 3 rings (SSSR count). The van der Waals surface area contributed by atoms with Crippen LogP contribution in [0.5, 0.6) is 5.75 Å². The maximum atomic E-state index is 12.4. The maximum absolute atomic E-state index is 12.4. The first-order chi connectivity index (χ1) is 12.4. The fourth-order valence-electron chi connectivity index (χ4n) is 2.83. The van der Waals surface area contributed by atoms with Crippen LogP contribution in [-0.2, 0) is 4.79 Å². The minimum Gasteiger partial charge on any atom is -0.496 e. The van der Waals surface area contributed by atoms with Gasteiger partial charge >= 0.3 is 0 Å². The lowest BCUT2D eigenvalue weighted by Gasteiger charge is -2.10. The average molecular weight is 414 g/mol. The third kappa shape index (κ3) is 3.68. The first-order valence-electron chi connectivity index (χ1n) is 8.20. The molecule has 0 bridgehead atoms. The Labute approximate surface area is 161 Å². The van der Waals surface area contributed by atoms with Gasteiger partial charge in [-0.25, -0.2) is 0 Å². The number of ether oxygens (including phenoxy) is 1. The van der Waals surface area contributed by atoms with Crippen molar-refractivity contribution in [2.75, 3.05) is 12.4 Å². The maximum Gasteiger partial charge on any atom is 0.248 e. The number of methoxy groups -OCH3 is 1. The summed E-state index contributed by atoms with van der Waals surface area (Å²) in [5, 5.41) is 3.91. The monoisotopic (exact) mass is 413 g/mol. The van der Waals surface area contributed by atoms with Crippen LogP contribution in [0, 0.1) is 13.8 Å². The summed E-state index contributed by atoms with van der Waals surface area (Å²) >= 11 is 3.46. The number of fused-ring (bicyclic) bond motifs is 1. The van der Waals surface area contributed by atoms with E-state index in [1.165, 1.54) is 0 Å². The van der Waals surface area contributed by atoms with Crippen molar-refractivity contribution in [1.29, 1.82) is 0 Å². The molecule has 0 fully saturated rings. The van der Waals surface area contributed by atoms with Crippen molar-refractivity contribution in [2.45, 2.75) is 20.8 Å². The van der Waals surface area contributed by atoms with Crippen LogP contribution in [0.1, 0.15) is 23.6 Å². The number of benzene rings is 2. The van der Waals surface area contributed by atoms with E-state index in [4.69, 9.17) is 9.15 Å². The predicted molar refractivity (Wildman–Crippen MR) is 109 cm³/mol. The highest BCUT2D eigenvalue weighted by atomic mass is 79.9. The van der Waals surface area contributed by atoms with Gasteiger partial charge in [0.05, 0.1) is 13.4 Å². The quantitative estimate of drug-likeness (QED) is 0.544. The Morgan fingerprint density at radius 1 is 1.19 bits per heavy atom. The number of hydrogen-bond donors (Lipinski definition) is 1. The Kier molecular flexibility index (Phi) is 5.18. The third-order valence-corrected chi connectivity index (χ3v) is 5.18. The van der Waals surface area contributed by atoms with Crippen molar-refractivity contribution >= 4 is 44.1 Å². The van der Waals surface area contributed by atoms with E-state index in [1.807, 2.05) is 51.1 Å². The molecular formula is C21H20BrNO3. The first kappa shape index (κ1) is 18.3.